The number of carbonyl (C=O) groups excluding carboxylic acids is 2. The number of nitrogens with one attached hydrogen (secondary N) is 1. The Morgan fingerprint density at radius 2 is 2.18 bits per heavy atom. The predicted molar refractivity (Wildman–Crippen MR) is 66.8 cm³/mol. The van der Waals surface area contributed by atoms with Crippen molar-refractivity contribution >= 4 is 33.4 Å². The van der Waals surface area contributed by atoms with Crippen LogP contribution in [0.15, 0.2) is 22.7 Å². The Morgan fingerprint density at radius 1 is 1.35 bits per heavy atom. The maximum atomic E-state index is 12.3. The minimum atomic E-state index is -0.304. The smallest absolute Gasteiger partial charge is 0.256 e. The van der Waals surface area contributed by atoms with E-state index < -0.39 is 0 Å². The summed E-state index contributed by atoms with van der Waals surface area (Å²) in [6.07, 6.45) is 1.65. The normalized spacial score (nSPS) is 22.9. The molecule has 0 saturated carbocycles. The van der Waals surface area contributed by atoms with Crippen molar-refractivity contribution < 1.29 is 9.59 Å². The van der Waals surface area contributed by atoms with Gasteiger partial charge in [-0.2, -0.15) is 0 Å². The number of anilines is 1. The fourth-order valence-corrected chi connectivity index (χ4v) is 2.94. The third-order valence-electron chi connectivity index (χ3n) is 3.31. The molecule has 2 amide bonds. The van der Waals surface area contributed by atoms with Crippen molar-refractivity contribution in [3.63, 3.8) is 0 Å². The van der Waals surface area contributed by atoms with E-state index in [2.05, 4.69) is 21.2 Å². The third kappa shape index (κ3) is 1.57. The molecule has 0 bridgehead atoms. The van der Waals surface area contributed by atoms with Gasteiger partial charge in [0.05, 0.1) is 11.3 Å². The van der Waals surface area contributed by atoms with Gasteiger partial charge in [-0.25, -0.2) is 0 Å². The van der Waals surface area contributed by atoms with E-state index >= 15 is 0 Å². The highest BCUT2D eigenvalue weighted by Crippen LogP contribution is 2.33. The van der Waals surface area contributed by atoms with Crippen LogP contribution in [-0.2, 0) is 4.79 Å². The highest BCUT2D eigenvalue weighted by atomic mass is 79.9. The first-order valence-electron chi connectivity index (χ1n) is 5.59. The first-order valence-corrected chi connectivity index (χ1v) is 6.38. The van der Waals surface area contributed by atoms with E-state index in [-0.39, 0.29) is 17.9 Å². The molecular weight excluding hydrogens is 284 g/mol. The molecule has 88 valence electrons. The second-order valence-corrected chi connectivity index (χ2v) is 5.16. The van der Waals surface area contributed by atoms with E-state index in [0.29, 0.717) is 17.8 Å². The van der Waals surface area contributed by atoms with Crippen molar-refractivity contribution in [2.45, 2.75) is 18.9 Å². The molecule has 0 radical (unpaired) electrons. The quantitative estimate of drug-likeness (QED) is 0.796. The molecule has 1 saturated heterocycles. The van der Waals surface area contributed by atoms with Gasteiger partial charge in [0, 0.05) is 11.0 Å². The Hall–Kier alpha value is -1.36. The summed E-state index contributed by atoms with van der Waals surface area (Å²) < 4.78 is 0.748. The van der Waals surface area contributed by atoms with Crippen LogP contribution in [0.25, 0.3) is 0 Å². The van der Waals surface area contributed by atoms with E-state index in [1.165, 1.54) is 0 Å². The Balaban J connectivity index is 2.15. The second-order valence-electron chi connectivity index (χ2n) is 4.31. The number of rotatable bonds is 0. The molecule has 1 aromatic carbocycles. The summed E-state index contributed by atoms with van der Waals surface area (Å²) in [6.45, 7) is 0.670. The average molecular weight is 295 g/mol. The summed E-state index contributed by atoms with van der Waals surface area (Å²) in [5, 5.41) is 2.84. The average Bonchev–Trinajstić information content (AvgIpc) is 2.76. The summed E-state index contributed by atoms with van der Waals surface area (Å²) >= 11 is 3.37. The molecule has 0 unspecified atom stereocenters. The van der Waals surface area contributed by atoms with Gasteiger partial charge < -0.3 is 10.2 Å². The highest BCUT2D eigenvalue weighted by Gasteiger charge is 2.38. The number of amides is 2. The summed E-state index contributed by atoms with van der Waals surface area (Å²) in [5.74, 6) is -0.136. The zero-order valence-electron chi connectivity index (χ0n) is 9.07. The van der Waals surface area contributed by atoms with Crippen LogP contribution in [-0.4, -0.2) is 29.3 Å². The summed E-state index contributed by atoms with van der Waals surface area (Å²) in [5.41, 5.74) is 1.16. The van der Waals surface area contributed by atoms with E-state index in [1.807, 2.05) is 12.1 Å². The summed E-state index contributed by atoms with van der Waals surface area (Å²) in [4.78, 5) is 26.0. The Morgan fingerprint density at radius 3 is 3.00 bits per heavy atom. The van der Waals surface area contributed by atoms with Crippen LogP contribution in [0.3, 0.4) is 0 Å². The van der Waals surface area contributed by atoms with Crippen LogP contribution in [0.4, 0.5) is 5.69 Å². The van der Waals surface area contributed by atoms with Gasteiger partial charge in [0.2, 0.25) is 5.91 Å². The number of nitrogens with zero attached hydrogens (tertiary/aromatic N) is 1. The number of para-hydroxylation sites is 1. The monoisotopic (exact) mass is 294 g/mol. The largest absolute Gasteiger partial charge is 0.327 e. The van der Waals surface area contributed by atoms with Crippen molar-refractivity contribution in [2.75, 3.05) is 11.9 Å². The zero-order valence-corrected chi connectivity index (χ0v) is 10.7. The predicted octanol–water partition coefficient (Wildman–Crippen LogP) is 2.01. The number of fused-ring (bicyclic) bond motifs is 2. The number of carbonyl (C=O) groups is 2. The van der Waals surface area contributed by atoms with Crippen molar-refractivity contribution in [3.8, 4) is 0 Å². The molecule has 0 aromatic heterocycles. The van der Waals surface area contributed by atoms with Gasteiger partial charge in [-0.1, -0.05) is 6.07 Å². The van der Waals surface area contributed by atoms with E-state index in [0.717, 1.165) is 17.3 Å². The lowest BCUT2D eigenvalue weighted by molar-refractivity contribution is -0.119. The van der Waals surface area contributed by atoms with Gasteiger partial charge in [-0.15, -0.1) is 0 Å². The van der Waals surface area contributed by atoms with Gasteiger partial charge in [0.1, 0.15) is 6.04 Å². The number of halogens is 1. The minimum absolute atomic E-state index is 0.0536. The maximum absolute atomic E-state index is 12.3. The van der Waals surface area contributed by atoms with Gasteiger partial charge in [0.25, 0.3) is 5.91 Å². The lowest BCUT2D eigenvalue weighted by atomic mass is 10.1. The van der Waals surface area contributed by atoms with Crippen LogP contribution >= 0.6 is 15.9 Å². The second kappa shape index (κ2) is 3.84. The standard InChI is InChI=1S/C12H11BrN2O2/c13-8-4-1-3-7-10(8)14-11(16)9-5-2-6-15(9)12(7)17/h1,3-4,9H,2,5-6H2,(H,14,16)/t9-/m0/s1. The molecule has 1 fully saturated rings. The highest BCUT2D eigenvalue weighted by molar-refractivity contribution is 9.10. The first-order chi connectivity index (χ1) is 8.18. The number of benzene rings is 1. The van der Waals surface area contributed by atoms with E-state index in [4.69, 9.17) is 0 Å². The van der Waals surface area contributed by atoms with Gasteiger partial charge >= 0.3 is 0 Å². The zero-order chi connectivity index (χ0) is 12.0. The minimum Gasteiger partial charge on any atom is -0.327 e. The molecule has 2 heterocycles. The molecule has 17 heavy (non-hydrogen) atoms. The Labute approximate surface area is 107 Å². The molecule has 5 heteroatoms. The topological polar surface area (TPSA) is 49.4 Å². The number of hydrogen-bond donors (Lipinski definition) is 1. The molecule has 2 aliphatic rings. The van der Waals surface area contributed by atoms with Crippen LogP contribution in [0.2, 0.25) is 0 Å². The molecule has 1 atom stereocenters. The molecule has 1 N–H and O–H groups in total. The fraction of sp³-hybridized carbons (Fsp3) is 0.333. The van der Waals surface area contributed by atoms with Crippen molar-refractivity contribution in [3.05, 3.63) is 28.2 Å². The first kappa shape index (κ1) is 10.8. The van der Waals surface area contributed by atoms with Crippen molar-refractivity contribution in [2.24, 2.45) is 0 Å². The molecule has 1 aromatic rings. The van der Waals surface area contributed by atoms with Crippen LogP contribution in [0, 0.1) is 0 Å². The van der Waals surface area contributed by atoms with E-state index in [9.17, 15) is 9.59 Å². The fourth-order valence-electron chi connectivity index (χ4n) is 2.47. The van der Waals surface area contributed by atoms with Crippen molar-refractivity contribution in [1.82, 2.24) is 4.90 Å². The lowest BCUT2D eigenvalue weighted by Gasteiger charge is -2.19. The van der Waals surface area contributed by atoms with Gasteiger partial charge in [0.15, 0.2) is 0 Å². The third-order valence-corrected chi connectivity index (χ3v) is 3.97. The van der Waals surface area contributed by atoms with Gasteiger partial charge in [-0.3, -0.25) is 9.59 Å². The molecule has 4 nitrogen and oxygen atoms in total. The molecule has 0 aliphatic carbocycles. The number of hydrogen-bond acceptors (Lipinski definition) is 2. The Bertz CT molecular complexity index is 515. The molecule has 3 rings (SSSR count). The molecule has 2 aliphatic heterocycles. The van der Waals surface area contributed by atoms with Crippen LogP contribution in [0.1, 0.15) is 23.2 Å². The summed E-state index contributed by atoms with van der Waals surface area (Å²) in [6, 6.07) is 5.08. The van der Waals surface area contributed by atoms with Crippen LogP contribution in [0.5, 0.6) is 0 Å². The molecular formula is C12H11BrN2O2. The maximum Gasteiger partial charge on any atom is 0.256 e. The van der Waals surface area contributed by atoms with E-state index in [1.54, 1.807) is 11.0 Å². The summed E-state index contributed by atoms with van der Waals surface area (Å²) in [7, 11) is 0. The van der Waals surface area contributed by atoms with Crippen LogP contribution < -0.4 is 5.32 Å². The SMILES string of the molecule is O=C1Nc2c(Br)cccc2C(=O)N2CCC[C@@H]12. The molecule has 0 spiro atoms. The lowest BCUT2D eigenvalue weighted by Crippen LogP contribution is -2.40. The van der Waals surface area contributed by atoms with Crippen molar-refractivity contribution in [1.29, 1.82) is 0 Å². The van der Waals surface area contributed by atoms with Gasteiger partial charge in [-0.05, 0) is 40.9 Å². The Kier molecular flexibility index (Phi) is 2.43.